The molecule has 0 unspecified atom stereocenters. The molecule has 1 amide bonds. The van der Waals surface area contributed by atoms with Crippen molar-refractivity contribution in [2.75, 3.05) is 11.6 Å². The molecule has 0 atom stereocenters. The number of carbonyl (C=O) groups is 1. The molecule has 0 aliphatic heterocycles. The van der Waals surface area contributed by atoms with Crippen molar-refractivity contribution in [1.82, 2.24) is 9.78 Å². The molecule has 3 rings (SSSR count). The molecule has 8 heteroatoms. The third-order valence-corrected chi connectivity index (χ3v) is 4.93. The quantitative estimate of drug-likeness (QED) is 0.577. The average molecular weight is 410 g/mol. The first kappa shape index (κ1) is 18.8. The Kier molecular flexibility index (Phi) is 5.86. The van der Waals surface area contributed by atoms with Crippen LogP contribution in [0.2, 0.25) is 10.0 Å². The van der Waals surface area contributed by atoms with Crippen LogP contribution in [0.15, 0.2) is 53.6 Å². The van der Waals surface area contributed by atoms with Crippen molar-refractivity contribution in [1.29, 1.82) is 0 Å². The lowest BCUT2D eigenvalue weighted by Gasteiger charge is -2.07. The van der Waals surface area contributed by atoms with E-state index in [1.165, 1.54) is 28.6 Å². The Morgan fingerprint density at radius 3 is 2.77 bits per heavy atom. The van der Waals surface area contributed by atoms with Gasteiger partial charge < -0.3 is 5.32 Å². The average Bonchev–Trinajstić information content (AvgIpc) is 2.94. The van der Waals surface area contributed by atoms with Gasteiger partial charge in [-0.25, -0.2) is 4.39 Å². The van der Waals surface area contributed by atoms with Gasteiger partial charge in [0.15, 0.2) is 5.82 Å². The Balaban J connectivity index is 1.78. The highest BCUT2D eigenvalue weighted by molar-refractivity contribution is 7.98. The molecule has 0 spiro atoms. The molecule has 0 saturated carbocycles. The number of rotatable bonds is 5. The molecule has 26 heavy (non-hydrogen) atoms. The number of nitrogens with one attached hydrogen (secondary N) is 1. The number of nitrogens with zero attached hydrogens (tertiary/aromatic N) is 2. The predicted molar refractivity (Wildman–Crippen MR) is 104 cm³/mol. The molecule has 4 nitrogen and oxygen atoms in total. The fourth-order valence-corrected chi connectivity index (χ4v) is 3.21. The van der Waals surface area contributed by atoms with Gasteiger partial charge >= 0.3 is 0 Å². The second kappa shape index (κ2) is 8.12. The summed E-state index contributed by atoms with van der Waals surface area (Å²) in [7, 11) is 0. The van der Waals surface area contributed by atoms with Crippen LogP contribution in [0.5, 0.6) is 0 Å². The summed E-state index contributed by atoms with van der Waals surface area (Å²) in [5, 5.41) is 7.55. The molecule has 3 aromatic rings. The summed E-state index contributed by atoms with van der Waals surface area (Å²) in [6, 6.07) is 11.4. The zero-order chi connectivity index (χ0) is 18.7. The minimum absolute atomic E-state index is 0.221. The van der Waals surface area contributed by atoms with E-state index >= 15 is 0 Å². The first-order valence-corrected chi connectivity index (χ1v) is 9.56. The van der Waals surface area contributed by atoms with E-state index in [-0.39, 0.29) is 16.7 Å². The third-order valence-electron chi connectivity index (χ3n) is 3.60. The number of amides is 1. The van der Waals surface area contributed by atoms with E-state index in [2.05, 4.69) is 10.4 Å². The fourth-order valence-electron chi connectivity index (χ4n) is 2.37. The maximum atomic E-state index is 13.3. The molecule has 1 aromatic heterocycles. The lowest BCUT2D eigenvalue weighted by Crippen LogP contribution is -2.14. The van der Waals surface area contributed by atoms with Gasteiger partial charge in [-0.2, -0.15) is 5.10 Å². The van der Waals surface area contributed by atoms with Crippen LogP contribution in [0, 0.1) is 5.82 Å². The normalized spacial score (nSPS) is 10.8. The Morgan fingerprint density at radius 2 is 2.04 bits per heavy atom. The lowest BCUT2D eigenvalue weighted by molar-refractivity contribution is 0.102. The second-order valence-corrected chi connectivity index (χ2v) is 7.15. The van der Waals surface area contributed by atoms with E-state index in [0.29, 0.717) is 17.1 Å². The molecule has 1 N–H and O–H groups in total. The standard InChI is InChI=1S/C18H14Cl2FN3OS/c1-26-13-5-6-15(19)14(8-13)18(25)22-17-16(20)10-24(23-17)9-11-3-2-4-12(21)7-11/h2-8,10H,9H2,1H3,(H,22,23,25). The van der Waals surface area contributed by atoms with Crippen molar-refractivity contribution in [3.05, 3.63) is 75.7 Å². The summed E-state index contributed by atoms with van der Waals surface area (Å²) in [5.41, 5.74) is 1.08. The highest BCUT2D eigenvalue weighted by atomic mass is 35.5. The fraction of sp³-hybridized carbons (Fsp3) is 0.111. The number of carbonyl (C=O) groups excluding carboxylic acids is 1. The Labute approximate surface area is 164 Å². The highest BCUT2D eigenvalue weighted by Crippen LogP contribution is 2.25. The monoisotopic (exact) mass is 409 g/mol. The first-order valence-electron chi connectivity index (χ1n) is 7.58. The van der Waals surface area contributed by atoms with Crippen LogP contribution in [0.1, 0.15) is 15.9 Å². The van der Waals surface area contributed by atoms with Crippen LogP contribution < -0.4 is 5.32 Å². The van der Waals surface area contributed by atoms with Crippen LogP contribution in [-0.4, -0.2) is 21.9 Å². The topological polar surface area (TPSA) is 46.9 Å². The molecule has 0 bridgehead atoms. The molecule has 0 saturated heterocycles. The van der Waals surface area contributed by atoms with Gasteiger partial charge in [-0.15, -0.1) is 11.8 Å². The van der Waals surface area contributed by atoms with Crippen molar-refractivity contribution >= 4 is 46.7 Å². The third kappa shape index (κ3) is 4.38. The van der Waals surface area contributed by atoms with Crippen LogP contribution in [0.25, 0.3) is 0 Å². The number of halogens is 3. The lowest BCUT2D eigenvalue weighted by atomic mass is 10.2. The van der Waals surface area contributed by atoms with E-state index in [9.17, 15) is 9.18 Å². The van der Waals surface area contributed by atoms with E-state index in [4.69, 9.17) is 23.2 Å². The van der Waals surface area contributed by atoms with Crippen LogP contribution in [-0.2, 0) is 6.54 Å². The number of hydrogen-bond acceptors (Lipinski definition) is 3. The minimum atomic E-state index is -0.399. The van der Waals surface area contributed by atoms with Gasteiger partial charge in [-0.1, -0.05) is 35.3 Å². The summed E-state index contributed by atoms with van der Waals surface area (Å²) in [6.07, 6.45) is 3.48. The van der Waals surface area contributed by atoms with Gasteiger partial charge in [-0.3, -0.25) is 9.48 Å². The van der Waals surface area contributed by atoms with Crippen LogP contribution in [0.4, 0.5) is 10.2 Å². The van der Waals surface area contributed by atoms with Crippen molar-refractivity contribution in [2.24, 2.45) is 0 Å². The highest BCUT2D eigenvalue weighted by Gasteiger charge is 2.15. The summed E-state index contributed by atoms with van der Waals surface area (Å²) in [6.45, 7) is 0.329. The summed E-state index contributed by atoms with van der Waals surface area (Å²) in [4.78, 5) is 13.4. The maximum absolute atomic E-state index is 13.3. The molecular formula is C18H14Cl2FN3OS. The van der Waals surface area contributed by atoms with Crippen molar-refractivity contribution in [3.8, 4) is 0 Å². The number of hydrogen-bond donors (Lipinski definition) is 1. The van der Waals surface area contributed by atoms with Crippen molar-refractivity contribution in [3.63, 3.8) is 0 Å². The van der Waals surface area contributed by atoms with E-state index in [1.54, 1.807) is 30.5 Å². The zero-order valence-corrected chi connectivity index (χ0v) is 16.0. The number of benzene rings is 2. The number of anilines is 1. The molecule has 134 valence electrons. The Morgan fingerprint density at radius 1 is 1.23 bits per heavy atom. The molecule has 0 fully saturated rings. The molecular weight excluding hydrogens is 396 g/mol. The van der Waals surface area contributed by atoms with Gasteiger partial charge in [0.05, 0.1) is 17.1 Å². The van der Waals surface area contributed by atoms with Gasteiger partial charge in [0, 0.05) is 11.1 Å². The van der Waals surface area contributed by atoms with Gasteiger partial charge in [0.25, 0.3) is 5.91 Å². The largest absolute Gasteiger partial charge is 0.304 e. The van der Waals surface area contributed by atoms with Crippen molar-refractivity contribution in [2.45, 2.75) is 11.4 Å². The molecule has 0 radical (unpaired) electrons. The Hall–Kier alpha value is -2.02. The minimum Gasteiger partial charge on any atom is -0.304 e. The summed E-state index contributed by atoms with van der Waals surface area (Å²) in [5.74, 6) is -0.500. The number of thioether (sulfide) groups is 1. The molecule has 0 aliphatic carbocycles. The van der Waals surface area contributed by atoms with E-state index < -0.39 is 5.91 Å². The molecule has 0 aliphatic rings. The van der Waals surface area contributed by atoms with Gasteiger partial charge in [0.2, 0.25) is 0 Å². The predicted octanol–water partition coefficient (Wildman–Crippen LogP) is 5.35. The molecule has 1 heterocycles. The van der Waals surface area contributed by atoms with Crippen molar-refractivity contribution < 1.29 is 9.18 Å². The smallest absolute Gasteiger partial charge is 0.258 e. The van der Waals surface area contributed by atoms with E-state index in [1.807, 2.05) is 12.3 Å². The summed E-state index contributed by atoms with van der Waals surface area (Å²) < 4.78 is 14.8. The number of aromatic nitrogens is 2. The summed E-state index contributed by atoms with van der Waals surface area (Å²) >= 11 is 13.8. The van der Waals surface area contributed by atoms with Gasteiger partial charge in [-0.05, 0) is 42.2 Å². The first-order chi connectivity index (χ1) is 12.5. The van der Waals surface area contributed by atoms with Gasteiger partial charge in [0.1, 0.15) is 10.8 Å². The maximum Gasteiger partial charge on any atom is 0.258 e. The van der Waals surface area contributed by atoms with Crippen LogP contribution in [0.3, 0.4) is 0 Å². The second-order valence-electron chi connectivity index (χ2n) is 5.45. The zero-order valence-electron chi connectivity index (χ0n) is 13.7. The SMILES string of the molecule is CSc1ccc(Cl)c(C(=O)Nc2nn(Cc3cccc(F)c3)cc2Cl)c1. The Bertz CT molecular complexity index is 961. The molecule has 2 aromatic carbocycles. The van der Waals surface area contributed by atoms with Crippen LogP contribution >= 0.6 is 35.0 Å². The van der Waals surface area contributed by atoms with E-state index in [0.717, 1.165) is 10.5 Å².